The van der Waals surface area contributed by atoms with Crippen LogP contribution >= 0.6 is 11.6 Å². The Morgan fingerprint density at radius 2 is 2.12 bits per heavy atom. The van der Waals surface area contributed by atoms with E-state index in [1.54, 1.807) is 0 Å². The van der Waals surface area contributed by atoms with Crippen LogP contribution < -0.4 is 0 Å². The van der Waals surface area contributed by atoms with E-state index in [0.717, 1.165) is 25.8 Å². The summed E-state index contributed by atoms with van der Waals surface area (Å²) in [5.74, 6) is 0.919. The van der Waals surface area contributed by atoms with E-state index in [1.165, 1.54) is 25.7 Å². The minimum Gasteiger partial charge on any atom is -0.339 e. The molecule has 0 radical (unpaired) electrons. The molecule has 1 saturated heterocycles. The molecule has 0 spiro atoms. The number of piperidine rings is 1. The predicted molar refractivity (Wildman–Crippen MR) is 68.8 cm³/mol. The smallest absolute Gasteiger partial charge is 0.222 e. The second-order valence-electron chi connectivity index (χ2n) is 4.70. The van der Waals surface area contributed by atoms with Crippen molar-refractivity contribution < 1.29 is 4.79 Å². The Balaban J connectivity index is 2.27. The van der Waals surface area contributed by atoms with Gasteiger partial charge in [-0.2, -0.15) is 0 Å². The van der Waals surface area contributed by atoms with Gasteiger partial charge < -0.3 is 4.90 Å². The maximum atomic E-state index is 12.0. The first kappa shape index (κ1) is 13.8. The molecule has 0 aromatic rings. The molecule has 1 heterocycles. The summed E-state index contributed by atoms with van der Waals surface area (Å²) >= 11 is 5.91. The van der Waals surface area contributed by atoms with Gasteiger partial charge in [0, 0.05) is 24.9 Å². The average molecular weight is 246 g/mol. The molecule has 0 saturated carbocycles. The molecular weight excluding hydrogens is 222 g/mol. The number of rotatable bonds is 6. The number of hydrogen-bond donors (Lipinski definition) is 0. The van der Waals surface area contributed by atoms with Gasteiger partial charge in [-0.05, 0) is 25.7 Å². The number of alkyl halides is 1. The Bertz CT molecular complexity index is 208. The molecule has 3 heteroatoms. The van der Waals surface area contributed by atoms with Gasteiger partial charge in [0.15, 0.2) is 0 Å². The summed E-state index contributed by atoms with van der Waals surface area (Å²) in [7, 11) is 0. The molecule has 1 aliphatic rings. The van der Waals surface area contributed by atoms with Crippen LogP contribution in [0.4, 0.5) is 0 Å². The van der Waals surface area contributed by atoms with Gasteiger partial charge in [0.05, 0.1) is 0 Å². The SMILES string of the molecule is CCCCCCC(=O)N1CCCCC1CCl. The third kappa shape index (κ3) is 4.32. The van der Waals surface area contributed by atoms with Crippen molar-refractivity contribution in [1.29, 1.82) is 0 Å². The van der Waals surface area contributed by atoms with Crippen molar-refractivity contribution >= 4 is 17.5 Å². The topological polar surface area (TPSA) is 20.3 Å². The zero-order chi connectivity index (χ0) is 11.8. The van der Waals surface area contributed by atoms with Crippen LogP contribution in [0.2, 0.25) is 0 Å². The van der Waals surface area contributed by atoms with Crippen LogP contribution in [-0.4, -0.2) is 29.3 Å². The Morgan fingerprint density at radius 1 is 1.31 bits per heavy atom. The van der Waals surface area contributed by atoms with E-state index in [1.807, 2.05) is 4.90 Å². The van der Waals surface area contributed by atoms with Crippen LogP contribution in [0.25, 0.3) is 0 Å². The van der Waals surface area contributed by atoms with Crippen molar-refractivity contribution in [3.05, 3.63) is 0 Å². The first-order chi connectivity index (χ1) is 7.79. The molecule has 1 rings (SSSR count). The monoisotopic (exact) mass is 245 g/mol. The molecule has 1 fully saturated rings. The molecule has 94 valence electrons. The molecule has 1 aliphatic heterocycles. The molecular formula is C13H24ClNO. The lowest BCUT2D eigenvalue weighted by atomic mass is 10.0. The molecule has 1 atom stereocenters. The highest BCUT2D eigenvalue weighted by molar-refractivity contribution is 6.18. The zero-order valence-corrected chi connectivity index (χ0v) is 11.1. The van der Waals surface area contributed by atoms with Gasteiger partial charge in [0.2, 0.25) is 5.91 Å². The van der Waals surface area contributed by atoms with Crippen LogP contribution in [0.5, 0.6) is 0 Å². The number of unbranched alkanes of at least 4 members (excludes halogenated alkanes) is 3. The van der Waals surface area contributed by atoms with Crippen molar-refractivity contribution in [1.82, 2.24) is 4.90 Å². The van der Waals surface area contributed by atoms with Crippen molar-refractivity contribution in [2.75, 3.05) is 12.4 Å². The Kier molecular flexibility index (Phi) is 6.86. The lowest BCUT2D eigenvalue weighted by Gasteiger charge is -2.34. The van der Waals surface area contributed by atoms with E-state index in [4.69, 9.17) is 11.6 Å². The van der Waals surface area contributed by atoms with Gasteiger partial charge in [0.1, 0.15) is 0 Å². The molecule has 1 amide bonds. The molecule has 1 unspecified atom stereocenters. The fraction of sp³-hybridized carbons (Fsp3) is 0.923. The van der Waals surface area contributed by atoms with Gasteiger partial charge in [-0.1, -0.05) is 26.2 Å². The van der Waals surface area contributed by atoms with Crippen LogP contribution in [0, 0.1) is 0 Å². The minimum absolute atomic E-state index is 0.300. The van der Waals surface area contributed by atoms with Gasteiger partial charge in [-0.3, -0.25) is 4.79 Å². The number of halogens is 1. The second kappa shape index (κ2) is 7.94. The second-order valence-corrected chi connectivity index (χ2v) is 5.01. The van der Waals surface area contributed by atoms with Gasteiger partial charge in [0.25, 0.3) is 0 Å². The van der Waals surface area contributed by atoms with Gasteiger partial charge in [-0.25, -0.2) is 0 Å². The molecule has 16 heavy (non-hydrogen) atoms. The zero-order valence-electron chi connectivity index (χ0n) is 10.4. The Labute approximate surface area is 104 Å². The van der Waals surface area contributed by atoms with Crippen LogP contribution in [0.1, 0.15) is 58.3 Å². The number of likely N-dealkylation sites (tertiary alicyclic amines) is 1. The molecule has 0 bridgehead atoms. The molecule has 0 aromatic heterocycles. The summed E-state index contributed by atoms with van der Waals surface area (Å²) in [4.78, 5) is 14.0. The van der Waals surface area contributed by atoms with E-state index < -0.39 is 0 Å². The van der Waals surface area contributed by atoms with E-state index in [2.05, 4.69) is 6.92 Å². The maximum absolute atomic E-state index is 12.0. The number of nitrogens with zero attached hydrogens (tertiary/aromatic N) is 1. The minimum atomic E-state index is 0.300. The summed E-state index contributed by atoms with van der Waals surface area (Å²) in [6.07, 6.45) is 8.86. The van der Waals surface area contributed by atoms with E-state index >= 15 is 0 Å². The van der Waals surface area contributed by atoms with Crippen molar-refractivity contribution in [3.63, 3.8) is 0 Å². The first-order valence-electron chi connectivity index (χ1n) is 6.65. The molecule has 0 aromatic carbocycles. The van der Waals surface area contributed by atoms with E-state index in [9.17, 15) is 4.79 Å². The summed E-state index contributed by atoms with van der Waals surface area (Å²) < 4.78 is 0. The number of amides is 1. The highest BCUT2D eigenvalue weighted by atomic mass is 35.5. The lowest BCUT2D eigenvalue weighted by Crippen LogP contribution is -2.44. The van der Waals surface area contributed by atoms with Crippen LogP contribution in [-0.2, 0) is 4.79 Å². The quantitative estimate of drug-likeness (QED) is 0.518. The summed E-state index contributed by atoms with van der Waals surface area (Å²) in [5.41, 5.74) is 0. The fourth-order valence-corrected chi connectivity index (χ4v) is 2.66. The third-order valence-corrected chi connectivity index (χ3v) is 3.73. The predicted octanol–water partition coefficient (Wildman–Crippen LogP) is 3.58. The standard InChI is InChI=1S/C13H24ClNO/c1-2-3-4-5-9-13(16)15-10-7-6-8-12(15)11-14/h12H,2-11H2,1H3. The van der Waals surface area contributed by atoms with E-state index in [0.29, 0.717) is 24.2 Å². The van der Waals surface area contributed by atoms with E-state index in [-0.39, 0.29) is 0 Å². The molecule has 0 N–H and O–H groups in total. The lowest BCUT2D eigenvalue weighted by molar-refractivity contribution is -0.134. The highest BCUT2D eigenvalue weighted by Crippen LogP contribution is 2.19. The summed E-state index contributed by atoms with van der Waals surface area (Å²) in [6.45, 7) is 3.11. The number of hydrogen-bond acceptors (Lipinski definition) is 1. The Morgan fingerprint density at radius 3 is 2.81 bits per heavy atom. The van der Waals surface area contributed by atoms with Gasteiger partial charge >= 0.3 is 0 Å². The van der Waals surface area contributed by atoms with Crippen molar-refractivity contribution in [3.8, 4) is 0 Å². The van der Waals surface area contributed by atoms with Crippen molar-refractivity contribution in [2.45, 2.75) is 64.3 Å². The van der Waals surface area contributed by atoms with Crippen LogP contribution in [0.15, 0.2) is 0 Å². The third-order valence-electron chi connectivity index (χ3n) is 3.37. The largest absolute Gasteiger partial charge is 0.339 e. The Hall–Kier alpha value is -0.240. The fourth-order valence-electron chi connectivity index (χ4n) is 2.34. The first-order valence-corrected chi connectivity index (χ1v) is 7.18. The van der Waals surface area contributed by atoms with Crippen molar-refractivity contribution in [2.24, 2.45) is 0 Å². The maximum Gasteiger partial charge on any atom is 0.222 e. The molecule has 2 nitrogen and oxygen atoms in total. The summed E-state index contributed by atoms with van der Waals surface area (Å²) in [6, 6.07) is 0.300. The van der Waals surface area contributed by atoms with Gasteiger partial charge in [-0.15, -0.1) is 11.6 Å². The normalized spacial score (nSPS) is 21.1. The highest BCUT2D eigenvalue weighted by Gasteiger charge is 2.25. The molecule has 0 aliphatic carbocycles. The van der Waals surface area contributed by atoms with Crippen LogP contribution in [0.3, 0.4) is 0 Å². The number of carbonyl (C=O) groups is 1. The average Bonchev–Trinajstić information content (AvgIpc) is 2.34. The summed E-state index contributed by atoms with van der Waals surface area (Å²) in [5, 5.41) is 0. The number of carbonyl (C=O) groups excluding carboxylic acids is 1.